The minimum atomic E-state index is -4.24. The van der Waals surface area contributed by atoms with Crippen LogP contribution in [-0.2, 0) is 13.6 Å². The fourth-order valence-corrected chi connectivity index (χ4v) is 2.80. The molecule has 1 aromatic heterocycles. The Kier molecular flexibility index (Phi) is 5.12. The zero-order valence-corrected chi connectivity index (χ0v) is 13.3. The Morgan fingerprint density at radius 2 is 1.96 bits per heavy atom. The van der Waals surface area contributed by atoms with E-state index in [4.69, 9.17) is 0 Å². The van der Waals surface area contributed by atoms with E-state index in [1.807, 2.05) is 0 Å². The highest BCUT2D eigenvalue weighted by Gasteiger charge is 2.39. The van der Waals surface area contributed by atoms with Gasteiger partial charge in [0.25, 0.3) is 0 Å². The van der Waals surface area contributed by atoms with Crippen LogP contribution in [0.15, 0.2) is 6.20 Å². The molecular weight excluding hydrogens is 313 g/mol. The smallest absolute Gasteiger partial charge is 0.332 e. The predicted molar refractivity (Wildman–Crippen MR) is 76.5 cm³/mol. The van der Waals surface area contributed by atoms with Gasteiger partial charge in [0.2, 0.25) is 0 Å². The summed E-state index contributed by atoms with van der Waals surface area (Å²) in [5.74, 6) is 0. The highest BCUT2D eigenvalue weighted by molar-refractivity contribution is 5.74. The average Bonchev–Trinajstić information content (AvgIpc) is 2.84. The summed E-state index contributed by atoms with van der Waals surface area (Å²) < 4.78 is 39.3. The Morgan fingerprint density at radius 3 is 2.43 bits per heavy atom. The second-order valence-corrected chi connectivity index (χ2v) is 5.93. The van der Waals surface area contributed by atoms with E-state index in [0.717, 1.165) is 0 Å². The summed E-state index contributed by atoms with van der Waals surface area (Å²) in [5.41, 5.74) is 0.623. The van der Waals surface area contributed by atoms with Gasteiger partial charge in [-0.15, -0.1) is 5.10 Å². The number of nitrogens with zero attached hydrogens (tertiary/aromatic N) is 5. The molecule has 2 amide bonds. The van der Waals surface area contributed by atoms with Crippen molar-refractivity contribution < 1.29 is 18.0 Å². The van der Waals surface area contributed by atoms with Crippen molar-refractivity contribution in [2.24, 2.45) is 7.05 Å². The second kappa shape index (κ2) is 6.73. The number of urea groups is 1. The van der Waals surface area contributed by atoms with E-state index in [1.165, 1.54) is 9.58 Å². The number of alkyl halides is 3. The Labute approximate surface area is 132 Å². The number of nitrogens with one attached hydrogen (secondary N) is 1. The predicted octanol–water partition coefficient (Wildman–Crippen LogP) is 0.982. The molecule has 1 aliphatic heterocycles. The van der Waals surface area contributed by atoms with E-state index in [-0.39, 0.29) is 37.7 Å². The van der Waals surface area contributed by atoms with Crippen LogP contribution in [0.5, 0.6) is 0 Å². The molecule has 1 N–H and O–H groups in total. The second-order valence-electron chi connectivity index (χ2n) is 5.93. The van der Waals surface area contributed by atoms with Crippen molar-refractivity contribution in [3.63, 3.8) is 0 Å². The van der Waals surface area contributed by atoms with Crippen LogP contribution in [0.25, 0.3) is 0 Å². The molecule has 23 heavy (non-hydrogen) atoms. The summed E-state index contributed by atoms with van der Waals surface area (Å²) >= 11 is 0. The maximum atomic E-state index is 12.6. The number of hydrogen-bond donors (Lipinski definition) is 1. The van der Waals surface area contributed by atoms with Gasteiger partial charge in [0.1, 0.15) is 5.69 Å². The molecule has 0 bridgehead atoms. The molecule has 1 saturated heterocycles. The summed E-state index contributed by atoms with van der Waals surface area (Å²) in [4.78, 5) is 15.1. The molecule has 1 fully saturated rings. The van der Waals surface area contributed by atoms with Crippen LogP contribution in [0.4, 0.5) is 18.0 Å². The van der Waals surface area contributed by atoms with Crippen molar-refractivity contribution in [1.82, 2.24) is 30.1 Å². The number of carbonyl (C=O) groups is 1. The molecule has 0 aromatic carbocycles. The summed E-state index contributed by atoms with van der Waals surface area (Å²) in [6, 6.07) is -1.02. The highest BCUT2D eigenvalue weighted by atomic mass is 19.4. The van der Waals surface area contributed by atoms with Crippen LogP contribution in [0.3, 0.4) is 0 Å². The van der Waals surface area contributed by atoms with Crippen LogP contribution in [0, 0.1) is 0 Å². The van der Waals surface area contributed by atoms with E-state index < -0.39 is 12.7 Å². The summed E-state index contributed by atoms with van der Waals surface area (Å²) in [7, 11) is 1.72. The van der Waals surface area contributed by atoms with Crippen LogP contribution in [0.1, 0.15) is 19.5 Å². The third kappa shape index (κ3) is 4.81. The average molecular weight is 334 g/mol. The van der Waals surface area contributed by atoms with Gasteiger partial charge < -0.3 is 10.2 Å². The van der Waals surface area contributed by atoms with Crippen molar-refractivity contribution in [1.29, 1.82) is 0 Å². The Hall–Kier alpha value is -1.84. The van der Waals surface area contributed by atoms with Crippen molar-refractivity contribution in [3.05, 3.63) is 11.9 Å². The van der Waals surface area contributed by atoms with Crippen LogP contribution < -0.4 is 5.32 Å². The maximum Gasteiger partial charge on any atom is 0.401 e. The van der Waals surface area contributed by atoms with Gasteiger partial charge in [-0.05, 0) is 13.8 Å². The number of aryl methyl sites for hydroxylation is 1. The number of rotatable bonds is 3. The van der Waals surface area contributed by atoms with E-state index in [0.29, 0.717) is 5.69 Å². The molecule has 2 rings (SSSR count). The number of piperazine rings is 1. The summed E-state index contributed by atoms with van der Waals surface area (Å²) in [6.07, 6.45) is -2.55. The molecule has 2 atom stereocenters. The molecule has 2 heterocycles. The lowest BCUT2D eigenvalue weighted by molar-refractivity contribution is -0.160. The molecule has 0 spiro atoms. The first-order chi connectivity index (χ1) is 10.7. The zero-order chi connectivity index (χ0) is 17.2. The molecule has 10 heteroatoms. The van der Waals surface area contributed by atoms with E-state index in [2.05, 4.69) is 15.6 Å². The Morgan fingerprint density at radius 1 is 1.35 bits per heavy atom. The van der Waals surface area contributed by atoms with Gasteiger partial charge in [-0.25, -0.2) is 4.79 Å². The topological polar surface area (TPSA) is 66.3 Å². The third-order valence-electron chi connectivity index (χ3n) is 3.82. The molecule has 0 radical (unpaired) electrons. The Bertz CT molecular complexity index is 534. The Balaban J connectivity index is 1.88. The summed E-state index contributed by atoms with van der Waals surface area (Å²) in [5, 5.41) is 10.3. The fourth-order valence-electron chi connectivity index (χ4n) is 2.80. The lowest BCUT2D eigenvalue weighted by Gasteiger charge is -2.44. The molecule has 130 valence electrons. The number of carbonyl (C=O) groups excluding carboxylic acids is 1. The minimum Gasteiger partial charge on any atom is -0.332 e. The van der Waals surface area contributed by atoms with Gasteiger partial charge in [-0.1, -0.05) is 5.21 Å². The molecule has 0 aliphatic carbocycles. The first-order valence-corrected chi connectivity index (χ1v) is 7.36. The molecule has 7 nitrogen and oxygen atoms in total. The lowest BCUT2D eigenvalue weighted by Crippen LogP contribution is -2.61. The standard InChI is InChI=1S/C13H21F3N6O/c1-9-5-21(6-10(2)22(9)8-13(14,15)16)12(23)17-4-11-7-20(3)19-18-11/h7,9-10H,4-6,8H2,1-3H3,(H,17,23)/t9-,10+. The summed E-state index contributed by atoms with van der Waals surface area (Å²) in [6.45, 7) is 3.19. The van der Waals surface area contributed by atoms with Crippen LogP contribution >= 0.6 is 0 Å². The molecule has 1 aromatic rings. The van der Waals surface area contributed by atoms with E-state index in [1.54, 1.807) is 32.0 Å². The molecule has 0 saturated carbocycles. The number of hydrogen-bond acceptors (Lipinski definition) is 4. The SMILES string of the molecule is C[C@@H]1CN(C(=O)NCc2cn(C)nn2)C[C@H](C)N1CC(F)(F)F. The lowest BCUT2D eigenvalue weighted by atomic mass is 10.1. The fraction of sp³-hybridized carbons (Fsp3) is 0.769. The van der Waals surface area contributed by atoms with Crippen LogP contribution in [0.2, 0.25) is 0 Å². The van der Waals surface area contributed by atoms with Crippen molar-refractivity contribution in [2.45, 2.75) is 38.7 Å². The van der Waals surface area contributed by atoms with Gasteiger partial charge in [0.05, 0.1) is 13.1 Å². The van der Waals surface area contributed by atoms with Crippen LogP contribution in [-0.4, -0.2) is 68.7 Å². The van der Waals surface area contributed by atoms with Gasteiger partial charge in [0.15, 0.2) is 0 Å². The number of aromatic nitrogens is 3. The van der Waals surface area contributed by atoms with Crippen molar-refractivity contribution >= 4 is 6.03 Å². The third-order valence-corrected chi connectivity index (χ3v) is 3.82. The number of halogens is 3. The van der Waals surface area contributed by atoms with Crippen molar-refractivity contribution in [3.8, 4) is 0 Å². The number of amides is 2. The maximum absolute atomic E-state index is 12.6. The molecular formula is C13H21F3N6O. The first kappa shape index (κ1) is 17.5. The molecule has 0 unspecified atom stereocenters. The van der Waals surface area contributed by atoms with Gasteiger partial charge in [-0.2, -0.15) is 13.2 Å². The normalized spacial score (nSPS) is 23.1. The van der Waals surface area contributed by atoms with E-state index >= 15 is 0 Å². The quantitative estimate of drug-likeness (QED) is 0.895. The van der Waals surface area contributed by atoms with Crippen molar-refractivity contribution in [2.75, 3.05) is 19.6 Å². The monoisotopic (exact) mass is 334 g/mol. The first-order valence-electron chi connectivity index (χ1n) is 7.36. The van der Waals surface area contributed by atoms with Gasteiger partial charge in [-0.3, -0.25) is 9.58 Å². The largest absolute Gasteiger partial charge is 0.401 e. The zero-order valence-electron chi connectivity index (χ0n) is 13.3. The molecule has 1 aliphatic rings. The van der Waals surface area contributed by atoms with E-state index in [9.17, 15) is 18.0 Å². The minimum absolute atomic E-state index is 0.234. The van der Waals surface area contributed by atoms with Gasteiger partial charge >= 0.3 is 12.2 Å². The highest BCUT2D eigenvalue weighted by Crippen LogP contribution is 2.23. The van der Waals surface area contributed by atoms with Gasteiger partial charge in [0, 0.05) is 38.4 Å².